The van der Waals surface area contributed by atoms with Crippen LogP contribution in [0.4, 0.5) is 26.7 Å². The van der Waals surface area contributed by atoms with Gasteiger partial charge in [-0.15, -0.1) is 0 Å². The molecule has 2 aromatic rings. The smallest absolute Gasteiger partial charge is 0.458 e. The molecule has 2 heterocycles. The van der Waals surface area contributed by atoms with Crippen LogP contribution < -0.4 is 4.74 Å². The maximum Gasteiger partial charge on any atom is 0.458 e. The van der Waals surface area contributed by atoms with Crippen LogP contribution in [0.1, 0.15) is 40.9 Å². The number of ether oxygens (including phenoxy) is 2. The van der Waals surface area contributed by atoms with Gasteiger partial charge in [-0.3, -0.25) is 4.79 Å². The molecule has 2 aliphatic rings. The maximum absolute atomic E-state index is 14.3. The van der Waals surface area contributed by atoms with Crippen LogP contribution in [0.25, 0.3) is 5.70 Å². The summed E-state index contributed by atoms with van der Waals surface area (Å²) in [4.78, 5) is 28.1. The Morgan fingerprint density at radius 1 is 1.11 bits per heavy atom. The molecule has 192 valence electrons. The Balaban J connectivity index is 1.96. The molecule has 0 radical (unpaired) electrons. The van der Waals surface area contributed by atoms with E-state index in [0.29, 0.717) is 28.8 Å². The van der Waals surface area contributed by atoms with Gasteiger partial charge in [-0.1, -0.05) is 18.2 Å². The fourth-order valence-corrected chi connectivity index (χ4v) is 4.41. The van der Waals surface area contributed by atoms with E-state index in [9.17, 15) is 31.5 Å². The average molecular weight is 510 g/mol. The quantitative estimate of drug-likeness (QED) is 0.505. The zero-order chi connectivity index (χ0) is 26.6. The van der Waals surface area contributed by atoms with E-state index in [2.05, 4.69) is 0 Å². The largest absolute Gasteiger partial charge is 0.483 e. The van der Waals surface area contributed by atoms with E-state index in [4.69, 9.17) is 9.47 Å². The summed E-state index contributed by atoms with van der Waals surface area (Å²) in [7, 11) is 2.61. The second kappa shape index (κ2) is 8.49. The van der Waals surface area contributed by atoms with Gasteiger partial charge >= 0.3 is 18.2 Å². The molecule has 6 nitrogen and oxygen atoms in total. The molecule has 0 aromatic heterocycles. The minimum atomic E-state index is -5.83. The number of carbonyl (C=O) groups excluding carboxylic acids is 2. The Morgan fingerprint density at radius 3 is 2.39 bits per heavy atom. The summed E-state index contributed by atoms with van der Waals surface area (Å²) in [5.74, 6) is -5.55. The first-order valence-corrected chi connectivity index (χ1v) is 10.9. The van der Waals surface area contributed by atoms with Crippen molar-refractivity contribution in [3.63, 3.8) is 0 Å². The highest BCUT2D eigenvalue weighted by molar-refractivity contribution is 6.04. The fraction of sp³-hybridized carbons (Fsp3) is 0.360. The second-order valence-corrected chi connectivity index (χ2v) is 9.10. The zero-order valence-electron chi connectivity index (χ0n) is 19.9. The van der Waals surface area contributed by atoms with Gasteiger partial charge in [-0.05, 0) is 43.7 Å². The topological polar surface area (TPSA) is 59.1 Å². The molecule has 2 amide bonds. The van der Waals surface area contributed by atoms with Crippen molar-refractivity contribution in [2.45, 2.75) is 38.1 Å². The lowest BCUT2D eigenvalue weighted by Crippen LogP contribution is -2.44. The number of benzene rings is 2. The van der Waals surface area contributed by atoms with E-state index in [1.165, 1.54) is 24.0 Å². The van der Waals surface area contributed by atoms with Crippen LogP contribution in [-0.4, -0.2) is 54.3 Å². The van der Waals surface area contributed by atoms with Crippen LogP contribution >= 0.6 is 0 Å². The lowest BCUT2D eigenvalue weighted by molar-refractivity contribution is -0.289. The van der Waals surface area contributed by atoms with E-state index in [-0.39, 0.29) is 30.1 Å². The predicted molar refractivity (Wildman–Crippen MR) is 119 cm³/mol. The molecule has 0 aliphatic carbocycles. The average Bonchev–Trinajstić information content (AvgIpc) is 3.13. The molecule has 4 rings (SSSR count). The number of halogens is 5. The summed E-state index contributed by atoms with van der Waals surface area (Å²) in [5, 5.41) is 0. The molecule has 0 bridgehead atoms. The third-order valence-electron chi connectivity index (χ3n) is 6.30. The number of fused-ring (bicyclic) bond motifs is 2. The first kappa shape index (κ1) is 25.5. The molecule has 0 N–H and O–H groups in total. The number of methoxy groups -OCH3 is 1. The normalized spacial score (nSPS) is 16.9. The van der Waals surface area contributed by atoms with Gasteiger partial charge in [0.25, 0.3) is 5.91 Å². The number of carbonyl (C=O) groups is 2. The van der Waals surface area contributed by atoms with Crippen LogP contribution in [0, 0.1) is 0 Å². The van der Waals surface area contributed by atoms with E-state index >= 15 is 0 Å². The van der Waals surface area contributed by atoms with Crippen LogP contribution in [0.5, 0.6) is 5.75 Å². The monoisotopic (exact) mass is 510 g/mol. The van der Waals surface area contributed by atoms with E-state index in [1.807, 2.05) is 0 Å². The van der Waals surface area contributed by atoms with Crippen molar-refractivity contribution in [1.82, 2.24) is 9.80 Å². The minimum absolute atomic E-state index is 0.0324. The van der Waals surface area contributed by atoms with Crippen molar-refractivity contribution >= 4 is 17.7 Å². The summed E-state index contributed by atoms with van der Waals surface area (Å²) >= 11 is 0. The molecule has 0 unspecified atom stereocenters. The van der Waals surface area contributed by atoms with Gasteiger partial charge in [0.15, 0.2) is 0 Å². The van der Waals surface area contributed by atoms with Crippen molar-refractivity contribution in [3.05, 3.63) is 70.3 Å². The highest BCUT2D eigenvalue weighted by Gasteiger charge is 2.59. The third kappa shape index (κ3) is 4.06. The van der Waals surface area contributed by atoms with Gasteiger partial charge in [-0.25, -0.2) is 4.79 Å². The van der Waals surface area contributed by atoms with Crippen LogP contribution in [0.3, 0.4) is 0 Å². The molecule has 36 heavy (non-hydrogen) atoms. The van der Waals surface area contributed by atoms with Gasteiger partial charge in [0, 0.05) is 29.3 Å². The van der Waals surface area contributed by atoms with Gasteiger partial charge in [-0.2, -0.15) is 22.0 Å². The molecule has 0 fully saturated rings. The molecular weight excluding hydrogens is 487 g/mol. The molecule has 0 spiro atoms. The second-order valence-electron chi connectivity index (χ2n) is 9.10. The Morgan fingerprint density at radius 2 is 1.78 bits per heavy atom. The van der Waals surface area contributed by atoms with Gasteiger partial charge in [0.2, 0.25) is 0 Å². The molecule has 11 heteroatoms. The van der Waals surface area contributed by atoms with Crippen molar-refractivity contribution in [3.8, 4) is 5.75 Å². The van der Waals surface area contributed by atoms with Crippen molar-refractivity contribution in [1.29, 1.82) is 0 Å². The van der Waals surface area contributed by atoms with Gasteiger partial charge in [0.1, 0.15) is 11.4 Å². The molecule has 0 saturated heterocycles. The SMILES string of the molecule is COC(=O)N(C)CC1=C(N2Cc3ccccc3C2=O)c2cc(C(F)(F)C(F)(F)F)ccc2OC1(C)C. The number of hydrogen-bond acceptors (Lipinski definition) is 4. The van der Waals surface area contributed by atoms with Crippen molar-refractivity contribution < 1.29 is 41.0 Å². The van der Waals surface area contributed by atoms with Gasteiger partial charge < -0.3 is 19.3 Å². The molecule has 2 aliphatic heterocycles. The van der Waals surface area contributed by atoms with Crippen LogP contribution in [0.2, 0.25) is 0 Å². The van der Waals surface area contributed by atoms with E-state index < -0.39 is 35.3 Å². The molecule has 0 atom stereocenters. The van der Waals surface area contributed by atoms with Crippen molar-refractivity contribution in [2.24, 2.45) is 0 Å². The standard InChI is InChI=1S/C25H23F5N2O4/c1-23(2)18(13-31(3)22(34)35-4)20(32-12-14-7-5-6-8-16(14)21(32)33)17-11-15(9-10-19(17)36-23)24(26,27)25(28,29)30/h5-11H,12-13H2,1-4H3. The van der Waals surface area contributed by atoms with Crippen molar-refractivity contribution in [2.75, 3.05) is 20.7 Å². The first-order chi connectivity index (χ1) is 16.7. The Hall–Kier alpha value is -3.63. The highest BCUT2D eigenvalue weighted by Crippen LogP contribution is 2.49. The summed E-state index contributed by atoms with van der Waals surface area (Å²) in [5.41, 5.74) is -1.07. The number of nitrogens with zero attached hydrogens (tertiary/aromatic N) is 2. The molecular formula is C25H23F5N2O4. The summed E-state index contributed by atoms with van der Waals surface area (Å²) in [6.45, 7) is 3.23. The summed E-state index contributed by atoms with van der Waals surface area (Å²) in [6, 6.07) is 9.14. The first-order valence-electron chi connectivity index (χ1n) is 10.9. The molecule has 0 saturated carbocycles. The van der Waals surface area contributed by atoms with E-state index in [1.54, 1.807) is 38.1 Å². The fourth-order valence-electron chi connectivity index (χ4n) is 4.41. The lowest BCUT2D eigenvalue weighted by Gasteiger charge is -2.40. The Kier molecular flexibility index (Phi) is 6.01. The third-order valence-corrected chi connectivity index (χ3v) is 6.30. The number of alkyl halides is 5. The predicted octanol–water partition coefficient (Wildman–Crippen LogP) is 5.58. The number of hydrogen-bond donors (Lipinski definition) is 0. The minimum Gasteiger partial charge on any atom is -0.483 e. The highest BCUT2D eigenvalue weighted by atomic mass is 19.4. The Labute approximate surface area is 203 Å². The van der Waals surface area contributed by atoms with Crippen LogP contribution in [0.15, 0.2) is 48.0 Å². The Bertz CT molecular complexity index is 1270. The lowest BCUT2D eigenvalue weighted by atomic mass is 9.87. The number of likely N-dealkylation sites (N-methyl/N-ethyl adjacent to an activating group) is 1. The van der Waals surface area contributed by atoms with E-state index in [0.717, 1.165) is 6.07 Å². The zero-order valence-corrected chi connectivity index (χ0v) is 19.9. The van der Waals surface area contributed by atoms with Crippen LogP contribution in [-0.2, 0) is 17.2 Å². The summed E-state index contributed by atoms with van der Waals surface area (Å²) in [6.07, 6.45) is -6.54. The number of amides is 2. The summed E-state index contributed by atoms with van der Waals surface area (Å²) < 4.78 is 78.9. The number of rotatable bonds is 4. The van der Waals surface area contributed by atoms with Gasteiger partial charge in [0.05, 0.1) is 25.9 Å². The maximum atomic E-state index is 14.3. The molecule has 2 aromatic carbocycles.